The predicted octanol–water partition coefficient (Wildman–Crippen LogP) is 1.04. The van der Waals surface area contributed by atoms with Crippen LogP contribution in [0.3, 0.4) is 0 Å². The van der Waals surface area contributed by atoms with Crippen molar-refractivity contribution in [1.82, 2.24) is 9.88 Å². The van der Waals surface area contributed by atoms with E-state index in [4.69, 9.17) is 10.5 Å². The Labute approximate surface area is 107 Å². The molecule has 0 saturated heterocycles. The number of hydrogen-bond donors (Lipinski definition) is 1. The van der Waals surface area contributed by atoms with Gasteiger partial charge in [0.15, 0.2) is 0 Å². The van der Waals surface area contributed by atoms with E-state index in [9.17, 15) is 4.79 Å². The summed E-state index contributed by atoms with van der Waals surface area (Å²) < 4.78 is 5.19. The van der Waals surface area contributed by atoms with E-state index in [0.29, 0.717) is 30.4 Å². The minimum atomic E-state index is 0.0187. The van der Waals surface area contributed by atoms with Gasteiger partial charge in [0.1, 0.15) is 5.75 Å². The second-order valence-corrected chi connectivity index (χ2v) is 4.45. The molecule has 1 fully saturated rings. The molecule has 1 aromatic heterocycles. The number of rotatable bonds is 6. The molecule has 0 spiro atoms. The fourth-order valence-corrected chi connectivity index (χ4v) is 1.97. The number of methoxy groups -OCH3 is 1. The highest BCUT2D eigenvalue weighted by molar-refractivity contribution is 5.97. The van der Waals surface area contributed by atoms with Gasteiger partial charge >= 0.3 is 0 Å². The van der Waals surface area contributed by atoms with E-state index in [1.807, 2.05) is 4.90 Å². The van der Waals surface area contributed by atoms with Crippen molar-refractivity contribution in [2.75, 3.05) is 20.2 Å². The molecule has 1 amide bonds. The average Bonchev–Trinajstić information content (AvgIpc) is 3.23. The Hall–Kier alpha value is -1.62. The smallest absolute Gasteiger partial charge is 0.257 e. The van der Waals surface area contributed by atoms with Crippen molar-refractivity contribution in [3.8, 4) is 5.75 Å². The van der Waals surface area contributed by atoms with Gasteiger partial charge in [-0.2, -0.15) is 0 Å². The van der Waals surface area contributed by atoms with Gasteiger partial charge in [-0.1, -0.05) is 0 Å². The maximum absolute atomic E-state index is 12.5. The number of aromatic nitrogens is 1. The molecule has 0 aliphatic heterocycles. The van der Waals surface area contributed by atoms with Crippen LogP contribution in [0.2, 0.25) is 0 Å². The number of amides is 1. The second kappa shape index (κ2) is 5.82. The van der Waals surface area contributed by atoms with Crippen molar-refractivity contribution in [3.63, 3.8) is 0 Å². The maximum atomic E-state index is 12.5. The van der Waals surface area contributed by atoms with Gasteiger partial charge in [-0.3, -0.25) is 9.78 Å². The predicted molar refractivity (Wildman–Crippen MR) is 68.5 cm³/mol. The lowest BCUT2D eigenvalue weighted by Gasteiger charge is -2.23. The molecule has 5 heteroatoms. The molecule has 1 aliphatic rings. The van der Waals surface area contributed by atoms with Crippen molar-refractivity contribution in [1.29, 1.82) is 0 Å². The summed E-state index contributed by atoms with van der Waals surface area (Å²) in [5.41, 5.74) is 6.10. The van der Waals surface area contributed by atoms with Gasteiger partial charge in [0.25, 0.3) is 5.91 Å². The van der Waals surface area contributed by atoms with E-state index in [2.05, 4.69) is 4.98 Å². The molecule has 18 heavy (non-hydrogen) atoms. The average molecular weight is 249 g/mol. The molecule has 2 N–H and O–H groups in total. The zero-order chi connectivity index (χ0) is 13.0. The molecule has 98 valence electrons. The lowest BCUT2D eigenvalue weighted by atomic mass is 10.2. The van der Waals surface area contributed by atoms with Gasteiger partial charge < -0.3 is 15.4 Å². The first-order chi connectivity index (χ1) is 8.77. The van der Waals surface area contributed by atoms with Gasteiger partial charge in [0.2, 0.25) is 0 Å². The molecule has 1 heterocycles. The molecule has 1 aromatic rings. The first-order valence-electron chi connectivity index (χ1n) is 6.27. The summed E-state index contributed by atoms with van der Waals surface area (Å²) in [5.74, 6) is 0.547. The highest BCUT2D eigenvalue weighted by atomic mass is 16.5. The molecule has 0 radical (unpaired) electrons. The molecule has 0 atom stereocenters. The quantitative estimate of drug-likeness (QED) is 0.818. The molecule has 1 aliphatic carbocycles. The molecular formula is C13H19N3O2. The van der Waals surface area contributed by atoms with Crippen molar-refractivity contribution in [2.24, 2.45) is 5.73 Å². The van der Waals surface area contributed by atoms with Gasteiger partial charge in [-0.25, -0.2) is 0 Å². The minimum Gasteiger partial charge on any atom is -0.494 e. The summed E-state index contributed by atoms with van der Waals surface area (Å²) in [7, 11) is 1.55. The first-order valence-corrected chi connectivity index (χ1v) is 6.27. The SMILES string of the molecule is COc1cnccc1C(=O)N(CCCN)C1CC1. The van der Waals surface area contributed by atoms with E-state index in [-0.39, 0.29) is 5.91 Å². The van der Waals surface area contributed by atoms with Crippen LogP contribution in [-0.4, -0.2) is 42.0 Å². The molecule has 0 bridgehead atoms. The Morgan fingerprint density at radius 1 is 1.61 bits per heavy atom. The Bertz CT molecular complexity index is 418. The van der Waals surface area contributed by atoms with Crippen LogP contribution < -0.4 is 10.5 Å². The Kier molecular flexibility index (Phi) is 4.15. The van der Waals surface area contributed by atoms with Crippen LogP contribution in [0.5, 0.6) is 5.75 Å². The highest BCUT2D eigenvalue weighted by Crippen LogP contribution is 2.30. The summed E-state index contributed by atoms with van der Waals surface area (Å²) in [6.07, 6.45) is 6.19. The molecule has 0 unspecified atom stereocenters. The van der Waals surface area contributed by atoms with Crippen molar-refractivity contribution >= 4 is 5.91 Å². The van der Waals surface area contributed by atoms with Crippen LogP contribution in [-0.2, 0) is 0 Å². The zero-order valence-corrected chi connectivity index (χ0v) is 10.6. The van der Waals surface area contributed by atoms with Crippen LogP contribution in [0.15, 0.2) is 18.5 Å². The molecular weight excluding hydrogens is 230 g/mol. The maximum Gasteiger partial charge on any atom is 0.257 e. The Morgan fingerprint density at radius 3 is 3.00 bits per heavy atom. The van der Waals surface area contributed by atoms with E-state index in [1.54, 1.807) is 25.6 Å². The lowest BCUT2D eigenvalue weighted by molar-refractivity contribution is 0.0738. The number of pyridine rings is 1. The standard InChI is InChI=1S/C13H19N3O2/c1-18-12-9-15-7-5-11(12)13(17)16(8-2-6-14)10-3-4-10/h5,7,9-10H,2-4,6,8,14H2,1H3. The summed E-state index contributed by atoms with van der Waals surface area (Å²) in [4.78, 5) is 18.4. The largest absolute Gasteiger partial charge is 0.494 e. The fourth-order valence-electron chi connectivity index (χ4n) is 1.97. The third kappa shape index (κ3) is 2.79. The Morgan fingerprint density at radius 2 is 2.39 bits per heavy atom. The third-order valence-electron chi connectivity index (χ3n) is 3.09. The van der Waals surface area contributed by atoms with Gasteiger partial charge in [-0.05, 0) is 31.9 Å². The van der Waals surface area contributed by atoms with Crippen LogP contribution >= 0.6 is 0 Å². The summed E-state index contributed by atoms with van der Waals surface area (Å²) >= 11 is 0. The van der Waals surface area contributed by atoms with E-state index in [0.717, 1.165) is 19.3 Å². The molecule has 0 aromatic carbocycles. The van der Waals surface area contributed by atoms with Crippen LogP contribution in [0.25, 0.3) is 0 Å². The van der Waals surface area contributed by atoms with Gasteiger partial charge in [0, 0.05) is 18.8 Å². The van der Waals surface area contributed by atoms with Crippen molar-refractivity contribution < 1.29 is 9.53 Å². The molecule has 5 nitrogen and oxygen atoms in total. The monoisotopic (exact) mass is 249 g/mol. The minimum absolute atomic E-state index is 0.0187. The van der Waals surface area contributed by atoms with E-state index >= 15 is 0 Å². The normalized spacial score (nSPS) is 14.3. The second-order valence-electron chi connectivity index (χ2n) is 4.45. The summed E-state index contributed by atoms with van der Waals surface area (Å²) in [6.45, 7) is 1.31. The topological polar surface area (TPSA) is 68.5 Å². The fraction of sp³-hybridized carbons (Fsp3) is 0.538. The van der Waals surface area contributed by atoms with Gasteiger partial charge in [-0.15, -0.1) is 0 Å². The number of carbonyl (C=O) groups excluding carboxylic acids is 1. The highest BCUT2D eigenvalue weighted by Gasteiger charge is 2.33. The summed E-state index contributed by atoms with van der Waals surface area (Å²) in [6, 6.07) is 2.08. The zero-order valence-electron chi connectivity index (χ0n) is 10.6. The third-order valence-corrected chi connectivity index (χ3v) is 3.09. The van der Waals surface area contributed by atoms with Gasteiger partial charge in [0.05, 0.1) is 18.9 Å². The molecule has 2 rings (SSSR count). The summed E-state index contributed by atoms with van der Waals surface area (Å²) in [5, 5.41) is 0. The van der Waals surface area contributed by atoms with Crippen LogP contribution in [0.1, 0.15) is 29.6 Å². The Balaban J connectivity index is 2.16. The lowest BCUT2D eigenvalue weighted by Crippen LogP contribution is -2.35. The number of ether oxygens (including phenoxy) is 1. The van der Waals surface area contributed by atoms with Crippen molar-refractivity contribution in [2.45, 2.75) is 25.3 Å². The first kappa shape index (κ1) is 12.8. The van der Waals surface area contributed by atoms with Crippen LogP contribution in [0.4, 0.5) is 0 Å². The number of carbonyl (C=O) groups is 1. The van der Waals surface area contributed by atoms with Crippen molar-refractivity contribution in [3.05, 3.63) is 24.0 Å². The number of hydrogen-bond acceptors (Lipinski definition) is 4. The van der Waals surface area contributed by atoms with E-state index in [1.165, 1.54) is 0 Å². The number of nitrogens with zero attached hydrogens (tertiary/aromatic N) is 2. The number of nitrogens with two attached hydrogens (primary N) is 1. The van der Waals surface area contributed by atoms with Crippen LogP contribution in [0, 0.1) is 0 Å². The molecule has 1 saturated carbocycles. The van der Waals surface area contributed by atoms with E-state index < -0.39 is 0 Å².